The maximum absolute atomic E-state index is 13.2. The molecule has 0 radical (unpaired) electrons. The number of hydrogen-bond donors (Lipinski definition) is 1. The first-order chi connectivity index (χ1) is 21.5. The van der Waals surface area contributed by atoms with Gasteiger partial charge in [0.1, 0.15) is 6.61 Å². The van der Waals surface area contributed by atoms with Crippen molar-refractivity contribution in [2.24, 2.45) is 0 Å². The molecule has 1 aliphatic rings. The van der Waals surface area contributed by atoms with Crippen LogP contribution in [0, 0.1) is 0 Å². The van der Waals surface area contributed by atoms with Gasteiger partial charge in [-0.15, -0.1) is 11.8 Å². The van der Waals surface area contributed by atoms with Gasteiger partial charge in [-0.2, -0.15) is 5.48 Å². The summed E-state index contributed by atoms with van der Waals surface area (Å²) in [5.74, 6) is -2.38. The van der Waals surface area contributed by atoms with Crippen molar-refractivity contribution in [1.29, 1.82) is 0 Å². The summed E-state index contributed by atoms with van der Waals surface area (Å²) < 4.78 is 17.5. The number of nitrogens with one attached hydrogen (secondary N) is 1. The van der Waals surface area contributed by atoms with E-state index in [1.807, 2.05) is 0 Å². The van der Waals surface area contributed by atoms with E-state index in [9.17, 15) is 19.2 Å². The van der Waals surface area contributed by atoms with Crippen LogP contribution in [0.1, 0.15) is 41.4 Å². The van der Waals surface area contributed by atoms with E-state index in [2.05, 4.69) is 5.48 Å². The molecule has 5 rings (SSSR count). The first-order valence-electron chi connectivity index (χ1n) is 13.9. The second kappa shape index (κ2) is 15.0. The van der Waals surface area contributed by atoms with E-state index in [0.29, 0.717) is 22.3 Å². The molecule has 0 aromatic heterocycles. The van der Waals surface area contributed by atoms with Gasteiger partial charge in [-0.25, -0.2) is 19.2 Å². The quantitative estimate of drug-likeness (QED) is 0.139. The number of carbonyl (C=O) groups is 4. The van der Waals surface area contributed by atoms with E-state index >= 15 is 0 Å². The lowest BCUT2D eigenvalue weighted by atomic mass is 10.1. The Morgan fingerprint density at radius 3 is 1.36 bits per heavy atom. The molecule has 1 unspecified atom stereocenters. The van der Waals surface area contributed by atoms with Gasteiger partial charge in [0.15, 0.2) is 12.2 Å². The van der Waals surface area contributed by atoms with E-state index in [1.54, 1.807) is 121 Å². The van der Waals surface area contributed by atoms with Crippen molar-refractivity contribution in [2.45, 2.75) is 22.7 Å². The Labute approximate surface area is 258 Å². The lowest BCUT2D eigenvalue weighted by Crippen LogP contribution is -2.44. The average Bonchev–Trinajstić information content (AvgIpc) is 3.39. The van der Waals surface area contributed by atoms with E-state index in [1.165, 1.54) is 11.8 Å². The summed E-state index contributed by atoms with van der Waals surface area (Å²) in [6.07, 6.45) is -1.98. The van der Waals surface area contributed by atoms with Crippen LogP contribution >= 0.6 is 11.8 Å². The number of rotatable bonds is 11. The zero-order valence-electron chi connectivity index (χ0n) is 23.4. The summed E-state index contributed by atoms with van der Waals surface area (Å²) >= 11 is 1.30. The van der Waals surface area contributed by atoms with Gasteiger partial charge >= 0.3 is 23.9 Å². The van der Waals surface area contributed by atoms with Gasteiger partial charge in [0, 0.05) is 6.54 Å². The normalized spacial score (nSPS) is 19.0. The third-order valence-corrected chi connectivity index (χ3v) is 8.30. The van der Waals surface area contributed by atoms with Gasteiger partial charge in [-0.05, 0) is 48.5 Å². The molecule has 224 valence electrons. The monoisotopic (exact) mass is 611 g/mol. The Bertz CT molecular complexity index is 1550. The molecule has 44 heavy (non-hydrogen) atoms. The molecule has 4 atom stereocenters. The van der Waals surface area contributed by atoms with Crippen LogP contribution < -0.4 is 5.48 Å². The molecule has 1 heterocycles. The van der Waals surface area contributed by atoms with Crippen LogP contribution in [0.3, 0.4) is 0 Å². The predicted octanol–water partition coefficient (Wildman–Crippen LogP) is 5.14. The molecule has 0 amide bonds. The van der Waals surface area contributed by atoms with Gasteiger partial charge in [0.25, 0.3) is 0 Å². The third-order valence-electron chi connectivity index (χ3n) is 6.76. The molecule has 1 N–H and O–H groups in total. The standard InChI is InChI=1S/C34H29NO8S/c36-31(23-13-5-1-6-14-23)40-22-28-30(42-33(38)25-17-9-3-10-18-25)29(41-32(37)24-15-7-2-8-16-24)27(44-28)21-35-43-34(39)26-19-11-4-12-20-26/h1-20,27-30,35H,21-22H2/t27?,28-,29+,30+/m0/s1. The van der Waals surface area contributed by atoms with Crippen molar-refractivity contribution >= 4 is 35.6 Å². The molecule has 4 aromatic carbocycles. The molecule has 1 fully saturated rings. The predicted molar refractivity (Wildman–Crippen MR) is 163 cm³/mol. The van der Waals surface area contributed by atoms with Crippen LogP contribution in [-0.4, -0.2) is 59.7 Å². The van der Waals surface area contributed by atoms with Gasteiger partial charge in [-0.3, -0.25) is 0 Å². The summed E-state index contributed by atoms with van der Waals surface area (Å²) in [4.78, 5) is 57.0. The van der Waals surface area contributed by atoms with E-state index in [4.69, 9.17) is 19.0 Å². The highest BCUT2D eigenvalue weighted by Crippen LogP contribution is 2.39. The van der Waals surface area contributed by atoms with Crippen LogP contribution in [0.25, 0.3) is 0 Å². The zero-order valence-corrected chi connectivity index (χ0v) is 24.3. The minimum absolute atomic E-state index is 0.0402. The van der Waals surface area contributed by atoms with Crippen LogP contribution in [0.4, 0.5) is 0 Å². The van der Waals surface area contributed by atoms with Gasteiger partial charge in [-0.1, -0.05) is 72.8 Å². The second-order valence-electron chi connectivity index (χ2n) is 9.75. The van der Waals surface area contributed by atoms with Gasteiger partial charge in [0.2, 0.25) is 0 Å². The van der Waals surface area contributed by atoms with E-state index in [0.717, 1.165) is 0 Å². The molecule has 9 nitrogen and oxygen atoms in total. The van der Waals surface area contributed by atoms with Crippen LogP contribution in [0.15, 0.2) is 121 Å². The summed E-state index contributed by atoms with van der Waals surface area (Å²) in [6, 6.07) is 33.8. The highest BCUT2D eigenvalue weighted by molar-refractivity contribution is 8.01. The largest absolute Gasteiger partial charge is 0.461 e. The van der Waals surface area contributed by atoms with Crippen molar-refractivity contribution in [1.82, 2.24) is 5.48 Å². The fourth-order valence-corrected chi connectivity index (χ4v) is 6.05. The average molecular weight is 612 g/mol. The second-order valence-corrected chi connectivity index (χ2v) is 11.2. The van der Waals surface area contributed by atoms with Crippen LogP contribution in [0.2, 0.25) is 0 Å². The molecule has 10 heteroatoms. The summed E-state index contributed by atoms with van der Waals surface area (Å²) in [7, 11) is 0. The highest BCUT2D eigenvalue weighted by Gasteiger charge is 2.49. The number of carbonyl (C=O) groups excluding carboxylic acids is 4. The molecular formula is C34H29NO8S. The Balaban J connectivity index is 1.37. The summed E-state index contributed by atoms with van der Waals surface area (Å²) in [5, 5.41) is -1.17. The molecule has 1 saturated heterocycles. The minimum atomic E-state index is -0.999. The SMILES string of the molecule is O=C(OC[C@@H]1SC(CNOC(=O)c2ccccc2)[C@@H](OC(=O)c2ccccc2)[C@@H]1OC(=O)c1ccccc1)c1ccccc1. The number of hydrogen-bond acceptors (Lipinski definition) is 10. The molecule has 0 aliphatic carbocycles. The van der Waals surface area contributed by atoms with Crippen LogP contribution in [0.5, 0.6) is 0 Å². The third kappa shape index (κ3) is 7.91. The Hall–Kier alpha value is -4.93. The molecule has 0 bridgehead atoms. The summed E-state index contributed by atoms with van der Waals surface area (Å²) in [6.45, 7) is -0.0939. The van der Waals surface area contributed by atoms with Crippen molar-refractivity contribution in [3.8, 4) is 0 Å². The lowest BCUT2D eigenvalue weighted by Gasteiger charge is -2.26. The Morgan fingerprint density at radius 1 is 0.523 bits per heavy atom. The Kier molecular flexibility index (Phi) is 10.4. The van der Waals surface area contributed by atoms with Gasteiger partial charge in [0.05, 0.1) is 32.8 Å². The number of thioether (sulfide) groups is 1. The smallest absolute Gasteiger partial charge is 0.356 e. The van der Waals surface area contributed by atoms with Gasteiger partial charge < -0.3 is 19.0 Å². The number of hydroxylamine groups is 1. The van der Waals surface area contributed by atoms with E-state index in [-0.39, 0.29) is 13.2 Å². The molecule has 4 aromatic rings. The number of esters is 3. The molecule has 0 spiro atoms. The molecular weight excluding hydrogens is 582 g/mol. The van der Waals surface area contributed by atoms with Crippen molar-refractivity contribution in [3.63, 3.8) is 0 Å². The zero-order chi connectivity index (χ0) is 30.7. The fourth-order valence-electron chi connectivity index (χ4n) is 4.56. The maximum atomic E-state index is 13.2. The topological polar surface area (TPSA) is 117 Å². The Morgan fingerprint density at radius 2 is 0.909 bits per heavy atom. The summed E-state index contributed by atoms with van der Waals surface area (Å²) in [5.41, 5.74) is 4.02. The van der Waals surface area contributed by atoms with Crippen LogP contribution in [-0.2, 0) is 19.0 Å². The van der Waals surface area contributed by atoms with Crippen molar-refractivity contribution in [2.75, 3.05) is 13.2 Å². The fraction of sp³-hybridized carbons (Fsp3) is 0.176. The minimum Gasteiger partial charge on any atom is -0.461 e. The maximum Gasteiger partial charge on any atom is 0.356 e. The lowest BCUT2D eigenvalue weighted by molar-refractivity contribution is -0.0384. The number of ether oxygens (including phenoxy) is 3. The van der Waals surface area contributed by atoms with Crippen molar-refractivity contribution < 1.29 is 38.2 Å². The molecule has 0 saturated carbocycles. The first-order valence-corrected chi connectivity index (χ1v) is 14.8. The van der Waals surface area contributed by atoms with E-state index < -0.39 is 46.6 Å². The number of benzene rings is 4. The first kappa shape index (κ1) is 30.5. The molecule has 1 aliphatic heterocycles. The highest BCUT2D eigenvalue weighted by atomic mass is 32.2. The van der Waals surface area contributed by atoms with Crippen molar-refractivity contribution in [3.05, 3.63) is 144 Å².